The predicted molar refractivity (Wildman–Crippen MR) is 133 cm³/mol. The average Bonchev–Trinajstić information content (AvgIpc) is 3.48. The Balaban J connectivity index is 1.83. The van der Waals surface area contributed by atoms with E-state index in [2.05, 4.69) is 15.8 Å². The van der Waals surface area contributed by atoms with Crippen molar-refractivity contribution >= 4 is 41.6 Å². The number of likely N-dealkylation sites (tertiary alicyclic amines) is 1. The smallest absolute Gasteiger partial charge is 0.305 e. The number of aryl methyl sites for hydroxylation is 1. The summed E-state index contributed by atoms with van der Waals surface area (Å²) in [5, 5.41) is 17.8. The van der Waals surface area contributed by atoms with E-state index in [1.807, 2.05) is 0 Å². The summed E-state index contributed by atoms with van der Waals surface area (Å²) >= 11 is 6.16. The molecule has 3 N–H and O–H groups in total. The summed E-state index contributed by atoms with van der Waals surface area (Å²) in [5.41, 5.74) is -0.325. The molecule has 1 saturated heterocycles. The normalized spacial score (nSPS) is 16.7. The number of aliphatic carboxylic acids is 1. The van der Waals surface area contributed by atoms with Crippen molar-refractivity contribution in [3.05, 3.63) is 40.4 Å². The summed E-state index contributed by atoms with van der Waals surface area (Å²) in [4.78, 5) is 63.1. The number of rotatable bonds is 10. The fourth-order valence-corrected chi connectivity index (χ4v) is 4.60. The molecule has 1 aliphatic heterocycles. The number of aromatic nitrogens is 1. The number of benzene rings is 1. The summed E-state index contributed by atoms with van der Waals surface area (Å²) in [6, 6.07) is 0.756. The highest BCUT2D eigenvalue weighted by atomic mass is 35.5. The zero-order chi connectivity index (χ0) is 28.1. The van der Waals surface area contributed by atoms with Crippen LogP contribution in [0.4, 0.5) is 4.39 Å². The zero-order valence-corrected chi connectivity index (χ0v) is 21.8. The molecule has 11 nitrogen and oxygen atoms in total. The Hall–Kier alpha value is -3.80. The molecular weight excluding hydrogens is 523 g/mol. The van der Waals surface area contributed by atoms with E-state index in [4.69, 9.17) is 21.2 Å². The lowest BCUT2D eigenvalue weighted by atomic mass is 10.00. The van der Waals surface area contributed by atoms with E-state index in [9.17, 15) is 28.4 Å². The van der Waals surface area contributed by atoms with Crippen molar-refractivity contribution in [3.63, 3.8) is 0 Å². The van der Waals surface area contributed by atoms with Gasteiger partial charge in [0.15, 0.2) is 0 Å². The molecule has 204 valence electrons. The van der Waals surface area contributed by atoms with Gasteiger partial charge in [-0.3, -0.25) is 19.2 Å². The molecule has 2 aromatic rings. The first kappa shape index (κ1) is 28.8. The number of carbonyl (C=O) groups is 5. The van der Waals surface area contributed by atoms with Gasteiger partial charge in [0.05, 0.1) is 23.0 Å². The highest BCUT2D eigenvalue weighted by Crippen LogP contribution is 2.33. The minimum atomic E-state index is -1.26. The van der Waals surface area contributed by atoms with Gasteiger partial charge in [0.1, 0.15) is 41.2 Å². The van der Waals surface area contributed by atoms with Gasteiger partial charge in [0, 0.05) is 6.54 Å². The highest BCUT2D eigenvalue weighted by molar-refractivity contribution is 6.33. The van der Waals surface area contributed by atoms with Gasteiger partial charge in [0.25, 0.3) is 5.91 Å². The Morgan fingerprint density at radius 3 is 2.61 bits per heavy atom. The lowest BCUT2D eigenvalue weighted by Gasteiger charge is -2.31. The maximum atomic E-state index is 14.6. The molecule has 1 aliphatic rings. The molecule has 1 fully saturated rings. The SMILES string of the molecule is Cc1onc(-c2c(F)cccc2Cl)c1C(=O)N[C@H](C(=O)N1CCC[C@H]1C(=O)N[C@H](C=O)CC(=O)O)C(C)C. The van der Waals surface area contributed by atoms with Crippen molar-refractivity contribution in [2.45, 2.75) is 58.2 Å². The third-order valence-corrected chi connectivity index (χ3v) is 6.55. The molecule has 0 saturated carbocycles. The zero-order valence-electron chi connectivity index (χ0n) is 21.0. The van der Waals surface area contributed by atoms with Gasteiger partial charge in [-0.15, -0.1) is 0 Å². The minimum Gasteiger partial charge on any atom is -0.481 e. The van der Waals surface area contributed by atoms with Crippen LogP contribution in [0.15, 0.2) is 22.7 Å². The van der Waals surface area contributed by atoms with Crippen LogP contribution >= 0.6 is 11.6 Å². The van der Waals surface area contributed by atoms with Crippen LogP contribution in [-0.4, -0.2) is 69.8 Å². The number of carboxylic acid groups (broad SMARTS) is 1. The second-order valence-corrected chi connectivity index (χ2v) is 9.70. The second kappa shape index (κ2) is 12.2. The minimum absolute atomic E-state index is 0.0197. The predicted octanol–water partition coefficient (Wildman–Crippen LogP) is 2.35. The van der Waals surface area contributed by atoms with Crippen LogP contribution in [0.25, 0.3) is 11.3 Å². The number of hydrogen-bond donors (Lipinski definition) is 3. The molecule has 0 unspecified atom stereocenters. The average molecular weight is 551 g/mol. The van der Waals surface area contributed by atoms with Crippen molar-refractivity contribution < 1.29 is 38.0 Å². The van der Waals surface area contributed by atoms with E-state index in [-0.39, 0.29) is 34.1 Å². The van der Waals surface area contributed by atoms with Gasteiger partial charge in [-0.05, 0) is 37.8 Å². The lowest BCUT2D eigenvalue weighted by molar-refractivity contribution is -0.142. The number of hydrogen-bond acceptors (Lipinski definition) is 7. The Bertz CT molecular complexity index is 1230. The molecule has 1 aromatic carbocycles. The van der Waals surface area contributed by atoms with Gasteiger partial charge < -0.3 is 30.0 Å². The molecule has 0 spiro atoms. The third-order valence-electron chi connectivity index (χ3n) is 6.23. The maximum Gasteiger partial charge on any atom is 0.305 e. The monoisotopic (exact) mass is 550 g/mol. The molecule has 38 heavy (non-hydrogen) atoms. The highest BCUT2D eigenvalue weighted by Gasteiger charge is 2.40. The van der Waals surface area contributed by atoms with Gasteiger partial charge in [-0.1, -0.05) is 36.7 Å². The van der Waals surface area contributed by atoms with Gasteiger partial charge in [-0.2, -0.15) is 0 Å². The summed E-state index contributed by atoms with van der Waals surface area (Å²) in [5.74, 6) is -4.23. The molecule has 0 aliphatic carbocycles. The second-order valence-electron chi connectivity index (χ2n) is 9.29. The first-order valence-corrected chi connectivity index (χ1v) is 12.3. The molecular formula is C25H28ClFN4O7. The van der Waals surface area contributed by atoms with Crippen LogP contribution in [0.1, 0.15) is 49.2 Å². The van der Waals surface area contributed by atoms with Crippen LogP contribution < -0.4 is 10.6 Å². The standard InChI is InChI=1S/C25H28ClFN4O7/c1-12(2)21(25(37)31-9-5-8-17(31)23(35)28-14(11-32)10-18(33)34)29-24(36)19-13(3)38-30-22(19)20-15(26)6-4-7-16(20)27/h4,6-7,11-12,14,17,21H,5,8-10H2,1-3H3,(H,28,35)(H,29,36)(H,33,34)/t14-,17-,21-/m0/s1. The van der Waals surface area contributed by atoms with Gasteiger partial charge >= 0.3 is 5.97 Å². The summed E-state index contributed by atoms with van der Waals surface area (Å²) < 4.78 is 19.7. The van der Waals surface area contributed by atoms with Crippen molar-refractivity contribution in [2.24, 2.45) is 5.92 Å². The van der Waals surface area contributed by atoms with E-state index in [1.54, 1.807) is 13.8 Å². The van der Waals surface area contributed by atoms with Gasteiger partial charge in [-0.25, -0.2) is 4.39 Å². The number of aldehydes is 1. The molecule has 3 amide bonds. The molecule has 2 heterocycles. The molecule has 13 heteroatoms. The summed E-state index contributed by atoms with van der Waals surface area (Å²) in [6.07, 6.45) is 0.529. The van der Waals surface area contributed by atoms with Crippen LogP contribution in [0.3, 0.4) is 0 Å². The Morgan fingerprint density at radius 1 is 1.29 bits per heavy atom. The van der Waals surface area contributed by atoms with E-state index in [1.165, 1.54) is 24.0 Å². The number of nitrogens with one attached hydrogen (secondary N) is 2. The van der Waals surface area contributed by atoms with Crippen LogP contribution in [0.5, 0.6) is 0 Å². The largest absolute Gasteiger partial charge is 0.481 e. The van der Waals surface area contributed by atoms with Crippen molar-refractivity contribution in [1.82, 2.24) is 20.7 Å². The number of halogens is 2. The van der Waals surface area contributed by atoms with Crippen molar-refractivity contribution in [3.8, 4) is 11.3 Å². The number of amides is 3. The number of carboxylic acids is 1. The summed E-state index contributed by atoms with van der Waals surface area (Å²) in [6.45, 7) is 5.10. The van der Waals surface area contributed by atoms with Crippen LogP contribution in [-0.2, 0) is 19.2 Å². The fourth-order valence-electron chi connectivity index (χ4n) is 4.34. The molecule has 3 rings (SSSR count). The van der Waals surface area contributed by atoms with Gasteiger partial charge in [0.2, 0.25) is 11.8 Å². The fraction of sp³-hybridized carbons (Fsp3) is 0.440. The van der Waals surface area contributed by atoms with Crippen LogP contribution in [0.2, 0.25) is 5.02 Å². The molecule has 0 radical (unpaired) electrons. The van der Waals surface area contributed by atoms with E-state index in [0.717, 1.165) is 6.07 Å². The molecule has 0 bridgehead atoms. The van der Waals surface area contributed by atoms with Crippen molar-refractivity contribution in [2.75, 3.05) is 6.54 Å². The van der Waals surface area contributed by atoms with E-state index >= 15 is 0 Å². The van der Waals surface area contributed by atoms with Crippen LogP contribution in [0, 0.1) is 18.7 Å². The number of carbonyl (C=O) groups excluding carboxylic acids is 4. The lowest BCUT2D eigenvalue weighted by Crippen LogP contribution is -2.56. The number of nitrogens with zero attached hydrogens (tertiary/aromatic N) is 2. The Morgan fingerprint density at radius 2 is 2.00 bits per heavy atom. The quantitative estimate of drug-likeness (QED) is 0.380. The molecule has 1 aromatic heterocycles. The first-order chi connectivity index (χ1) is 18.0. The first-order valence-electron chi connectivity index (χ1n) is 12.0. The maximum absolute atomic E-state index is 14.6. The topological polar surface area (TPSA) is 159 Å². The third kappa shape index (κ3) is 6.18. The van der Waals surface area contributed by atoms with Crippen molar-refractivity contribution in [1.29, 1.82) is 0 Å². The molecule has 3 atom stereocenters. The Labute approximate surface area is 222 Å². The Kier molecular flexibility index (Phi) is 9.21. The van der Waals surface area contributed by atoms with E-state index in [0.29, 0.717) is 19.1 Å². The van der Waals surface area contributed by atoms with E-state index < -0.39 is 60.0 Å². The summed E-state index contributed by atoms with van der Waals surface area (Å²) in [7, 11) is 0.